The van der Waals surface area contributed by atoms with Crippen molar-refractivity contribution >= 4 is 5.91 Å². The second-order valence-electron chi connectivity index (χ2n) is 7.42. The molecule has 2 aliphatic heterocycles. The van der Waals surface area contributed by atoms with Crippen molar-refractivity contribution in [3.8, 4) is 17.6 Å². The Labute approximate surface area is 171 Å². The molecule has 0 aliphatic carbocycles. The molecule has 0 radical (unpaired) electrons. The van der Waals surface area contributed by atoms with Crippen LogP contribution in [0.5, 0.6) is 11.5 Å². The van der Waals surface area contributed by atoms with Crippen LogP contribution in [-0.2, 0) is 4.74 Å². The lowest BCUT2D eigenvalue weighted by molar-refractivity contribution is -0.0116. The summed E-state index contributed by atoms with van der Waals surface area (Å²) in [5.74, 6) is 0.769. The van der Waals surface area contributed by atoms with Gasteiger partial charge in [-0.1, -0.05) is 0 Å². The summed E-state index contributed by atoms with van der Waals surface area (Å²) in [5, 5.41) is 21.3. The van der Waals surface area contributed by atoms with Gasteiger partial charge in [-0.25, -0.2) is 0 Å². The number of piperidine rings is 1. The Morgan fingerprint density at radius 3 is 3.00 bits per heavy atom. The molecule has 2 aliphatic rings. The maximum absolute atomic E-state index is 12.9. The predicted octanol–water partition coefficient (Wildman–Crippen LogP) is 1.17. The number of fused-ring (bicyclic) bond motifs is 1. The van der Waals surface area contributed by atoms with E-state index >= 15 is 0 Å². The highest BCUT2D eigenvalue weighted by Gasteiger charge is 2.30. The minimum atomic E-state index is -0.276. The molecule has 29 heavy (non-hydrogen) atoms. The Kier molecular flexibility index (Phi) is 7.69. The van der Waals surface area contributed by atoms with E-state index < -0.39 is 0 Å². The maximum Gasteiger partial charge on any atom is 0.255 e. The van der Waals surface area contributed by atoms with E-state index in [1.807, 2.05) is 0 Å². The van der Waals surface area contributed by atoms with Gasteiger partial charge in [0.25, 0.3) is 5.91 Å². The quantitative estimate of drug-likeness (QED) is 0.704. The van der Waals surface area contributed by atoms with Crippen molar-refractivity contribution in [3.63, 3.8) is 0 Å². The molecule has 8 heteroatoms. The lowest BCUT2D eigenvalue weighted by Crippen LogP contribution is -2.48. The number of nitrogens with one attached hydrogen (secondary N) is 1. The molecule has 158 valence electrons. The third-order valence-corrected chi connectivity index (χ3v) is 5.46. The number of aliphatic hydroxyl groups excluding tert-OH is 1. The number of methoxy groups -OCH3 is 1. The summed E-state index contributed by atoms with van der Waals surface area (Å²) in [7, 11) is 1.69. The van der Waals surface area contributed by atoms with E-state index in [0.717, 1.165) is 38.9 Å². The Morgan fingerprint density at radius 1 is 1.41 bits per heavy atom. The van der Waals surface area contributed by atoms with Crippen molar-refractivity contribution < 1.29 is 24.1 Å². The van der Waals surface area contributed by atoms with Crippen molar-refractivity contribution in [1.29, 1.82) is 5.26 Å². The van der Waals surface area contributed by atoms with Crippen molar-refractivity contribution in [2.75, 3.05) is 53.1 Å². The van der Waals surface area contributed by atoms with Gasteiger partial charge < -0.3 is 29.5 Å². The molecule has 0 bridgehead atoms. The molecule has 1 aromatic carbocycles. The van der Waals surface area contributed by atoms with Gasteiger partial charge in [0.05, 0.1) is 36.5 Å². The first-order valence-corrected chi connectivity index (χ1v) is 10.1. The minimum Gasteiger partial charge on any atom is -0.489 e. The zero-order chi connectivity index (χ0) is 20.6. The van der Waals surface area contributed by atoms with Gasteiger partial charge in [0.2, 0.25) is 0 Å². The van der Waals surface area contributed by atoms with Crippen LogP contribution in [0, 0.1) is 17.2 Å². The number of hydrogen-bond acceptors (Lipinski definition) is 7. The third-order valence-electron chi connectivity index (χ3n) is 5.46. The molecular formula is C21H29N3O5. The first-order chi connectivity index (χ1) is 14.2. The minimum absolute atomic E-state index is 0.0184. The number of aliphatic hydroxyl groups is 1. The average Bonchev–Trinajstić information content (AvgIpc) is 3.00. The number of amides is 1. The summed E-state index contributed by atoms with van der Waals surface area (Å²) in [6.45, 7) is 4.18. The topological polar surface area (TPSA) is 104 Å². The lowest BCUT2D eigenvalue weighted by atomic mass is 9.93. The van der Waals surface area contributed by atoms with E-state index in [4.69, 9.17) is 19.3 Å². The van der Waals surface area contributed by atoms with E-state index in [0.29, 0.717) is 42.4 Å². The summed E-state index contributed by atoms with van der Waals surface area (Å²) in [6, 6.07) is 5.24. The van der Waals surface area contributed by atoms with Crippen LogP contribution in [0.25, 0.3) is 0 Å². The summed E-state index contributed by atoms with van der Waals surface area (Å²) in [5.41, 5.74) is 0.696. The van der Waals surface area contributed by atoms with Gasteiger partial charge in [0.15, 0.2) is 11.5 Å². The molecule has 2 N–H and O–H groups in total. The molecule has 0 spiro atoms. The molecule has 1 unspecified atom stereocenters. The number of hydrogen-bond donors (Lipinski definition) is 2. The zero-order valence-corrected chi connectivity index (χ0v) is 16.9. The van der Waals surface area contributed by atoms with Crippen LogP contribution in [-0.4, -0.2) is 75.1 Å². The van der Waals surface area contributed by atoms with E-state index in [9.17, 15) is 10.1 Å². The molecule has 1 aromatic rings. The number of nitriles is 1. The SMILES string of the molecule is COC1CN(CCCO)CC[C@H]1CNC(=O)c1cc(C#N)cc2c1OCCCO2. The molecule has 1 saturated heterocycles. The van der Waals surface area contributed by atoms with Gasteiger partial charge in [-0.15, -0.1) is 0 Å². The number of carbonyl (C=O) groups is 1. The Balaban J connectivity index is 1.66. The number of ether oxygens (including phenoxy) is 3. The van der Waals surface area contributed by atoms with Gasteiger partial charge in [0, 0.05) is 51.8 Å². The molecule has 8 nitrogen and oxygen atoms in total. The van der Waals surface area contributed by atoms with Crippen LogP contribution >= 0.6 is 0 Å². The van der Waals surface area contributed by atoms with Crippen LogP contribution in [0.1, 0.15) is 35.2 Å². The highest BCUT2D eigenvalue weighted by Crippen LogP contribution is 2.35. The van der Waals surface area contributed by atoms with Crippen molar-refractivity contribution in [2.24, 2.45) is 5.92 Å². The third kappa shape index (κ3) is 5.38. The van der Waals surface area contributed by atoms with E-state index in [-0.39, 0.29) is 24.5 Å². The fraction of sp³-hybridized carbons (Fsp3) is 0.619. The normalized spacial score (nSPS) is 21.8. The smallest absolute Gasteiger partial charge is 0.255 e. The van der Waals surface area contributed by atoms with Crippen molar-refractivity contribution in [2.45, 2.75) is 25.4 Å². The number of benzene rings is 1. The first kappa shape index (κ1) is 21.4. The van der Waals surface area contributed by atoms with Gasteiger partial charge in [-0.3, -0.25) is 4.79 Å². The van der Waals surface area contributed by atoms with Crippen LogP contribution < -0.4 is 14.8 Å². The van der Waals surface area contributed by atoms with Gasteiger partial charge in [-0.05, 0) is 25.5 Å². The highest BCUT2D eigenvalue weighted by molar-refractivity contribution is 5.98. The van der Waals surface area contributed by atoms with E-state index in [2.05, 4.69) is 16.3 Å². The first-order valence-electron chi connectivity index (χ1n) is 10.1. The van der Waals surface area contributed by atoms with Gasteiger partial charge in [0.1, 0.15) is 0 Å². The number of rotatable bonds is 7. The van der Waals surface area contributed by atoms with E-state index in [1.165, 1.54) is 0 Å². The lowest BCUT2D eigenvalue weighted by Gasteiger charge is -2.37. The van der Waals surface area contributed by atoms with Crippen molar-refractivity contribution in [3.05, 3.63) is 23.3 Å². The molecular weight excluding hydrogens is 374 g/mol. The van der Waals surface area contributed by atoms with Crippen LogP contribution in [0.3, 0.4) is 0 Å². The van der Waals surface area contributed by atoms with Crippen LogP contribution in [0.2, 0.25) is 0 Å². The zero-order valence-electron chi connectivity index (χ0n) is 16.9. The molecule has 2 heterocycles. The highest BCUT2D eigenvalue weighted by atomic mass is 16.5. The Hall–Kier alpha value is -2.34. The molecule has 0 aromatic heterocycles. The standard InChI is InChI=1S/C21H29N3O5/c1-27-19-14-24(5-2-7-25)6-4-16(19)13-23-21(26)17-10-15(12-22)11-18-20(17)29-9-3-8-28-18/h10-11,16,19,25H,2-9,13-14H2,1H3,(H,23,26)/t16-,19?/m0/s1. The van der Waals surface area contributed by atoms with Crippen molar-refractivity contribution in [1.82, 2.24) is 10.2 Å². The number of carbonyl (C=O) groups excluding carboxylic acids is 1. The fourth-order valence-electron chi connectivity index (χ4n) is 3.85. The summed E-state index contributed by atoms with van der Waals surface area (Å²) < 4.78 is 17.0. The largest absolute Gasteiger partial charge is 0.489 e. The predicted molar refractivity (Wildman–Crippen MR) is 106 cm³/mol. The second kappa shape index (κ2) is 10.4. The second-order valence-corrected chi connectivity index (χ2v) is 7.42. The summed E-state index contributed by atoms with van der Waals surface area (Å²) in [4.78, 5) is 15.2. The summed E-state index contributed by atoms with van der Waals surface area (Å²) in [6.07, 6.45) is 2.40. The molecule has 0 saturated carbocycles. The molecule has 1 fully saturated rings. The fourth-order valence-corrected chi connectivity index (χ4v) is 3.85. The monoisotopic (exact) mass is 403 g/mol. The maximum atomic E-state index is 12.9. The molecule has 2 atom stereocenters. The Bertz CT molecular complexity index is 749. The number of nitrogens with zero attached hydrogens (tertiary/aromatic N) is 2. The molecule has 1 amide bonds. The van der Waals surface area contributed by atoms with Gasteiger partial charge >= 0.3 is 0 Å². The number of likely N-dealkylation sites (tertiary alicyclic amines) is 1. The summed E-state index contributed by atoms with van der Waals surface area (Å²) >= 11 is 0. The Morgan fingerprint density at radius 2 is 2.24 bits per heavy atom. The van der Waals surface area contributed by atoms with Crippen LogP contribution in [0.15, 0.2) is 12.1 Å². The molecule has 3 rings (SSSR count). The average molecular weight is 403 g/mol. The van der Waals surface area contributed by atoms with E-state index in [1.54, 1.807) is 19.2 Å². The van der Waals surface area contributed by atoms with Crippen LogP contribution in [0.4, 0.5) is 0 Å². The van der Waals surface area contributed by atoms with Gasteiger partial charge in [-0.2, -0.15) is 5.26 Å².